The van der Waals surface area contributed by atoms with E-state index in [9.17, 15) is 13.2 Å². The van der Waals surface area contributed by atoms with Crippen LogP contribution in [0, 0.1) is 0 Å². The van der Waals surface area contributed by atoms with E-state index in [1.165, 1.54) is 16.4 Å². The highest BCUT2D eigenvalue weighted by Gasteiger charge is 2.34. The van der Waals surface area contributed by atoms with Crippen LogP contribution in [0.25, 0.3) is 10.8 Å². The lowest BCUT2D eigenvalue weighted by Gasteiger charge is -2.33. The van der Waals surface area contributed by atoms with E-state index in [4.69, 9.17) is 11.6 Å². The monoisotopic (exact) mass is 456 g/mol. The van der Waals surface area contributed by atoms with Crippen molar-refractivity contribution in [2.75, 3.05) is 11.9 Å². The molecule has 0 radical (unpaired) electrons. The van der Waals surface area contributed by atoms with Crippen molar-refractivity contribution in [3.05, 3.63) is 71.8 Å². The van der Waals surface area contributed by atoms with Crippen molar-refractivity contribution in [2.24, 2.45) is 0 Å². The highest BCUT2D eigenvalue weighted by Crippen LogP contribution is 2.29. The molecule has 0 heterocycles. The van der Waals surface area contributed by atoms with Gasteiger partial charge in [0.05, 0.1) is 11.4 Å². The molecule has 1 fully saturated rings. The molecule has 3 aromatic carbocycles. The van der Waals surface area contributed by atoms with Crippen LogP contribution in [0.5, 0.6) is 0 Å². The van der Waals surface area contributed by atoms with Crippen molar-refractivity contribution < 1.29 is 13.2 Å². The molecule has 5 nitrogen and oxygen atoms in total. The Bertz CT molecular complexity index is 1170. The van der Waals surface area contributed by atoms with Gasteiger partial charge in [-0.1, -0.05) is 67.3 Å². The Hall–Kier alpha value is -2.41. The molecule has 1 N–H and O–H groups in total. The van der Waals surface area contributed by atoms with E-state index < -0.39 is 10.0 Å². The highest BCUT2D eigenvalue weighted by molar-refractivity contribution is 7.89. The molecule has 31 heavy (non-hydrogen) atoms. The fourth-order valence-electron chi connectivity index (χ4n) is 4.19. The quantitative estimate of drug-likeness (QED) is 0.535. The van der Waals surface area contributed by atoms with Crippen LogP contribution in [-0.4, -0.2) is 31.2 Å². The van der Waals surface area contributed by atoms with Gasteiger partial charge in [0.25, 0.3) is 0 Å². The normalized spacial score (nSPS) is 15.3. The first-order valence-electron chi connectivity index (χ1n) is 10.5. The number of nitrogens with zero attached hydrogens (tertiary/aromatic N) is 1. The van der Waals surface area contributed by atoms with E-state index in [1.54, 1.807) is 12.1 Å². The zero-order chi connectivity index (χ0) is 21.8. The largest absolute Gasteiger partial charge is 0.324 e. The number of hydrogen-bond acceptors (Lipinski definition) is 3. The summed E-state index contributed by atoms with van der Waals surface area (Å²) in [6, 6.07) is 19.4. The summed E-state index contributed by atoms with van der Waals surface area (Å²) in [6.07, 6.45) is 4.53. The number of rotatable bonds is 6. The molecule has 1 saturated carbocycles. The van der Waals surface area contributed by atoms with Gasteiger partial charge in [0, 0.05) is 22.1 Å². The zero-order valence-electron chi connectivity index (χ0n) is 17.1. The van der Waals surface area contributed by atoms with Gasteiger partial charge in [0.15, 0.2) is 0 Å². The first-order chi connectivity index (χ1) is 14.9. The first-order valence-corrected chi connectivity index (χ1v) is 12.3. The maximum atomic E-state index is 13.4. The van der Waals surface area contributed by atoms with Crippen LogP contribution >= 0.6 is 11.6 Å². The van der Waals surface area contributed by atoms with Gasteiger partial charge >= 0.3 is 0 Å². The van der Waals surface area contributed by atoms with Gasteiger partial charge in [0.2, 0.25) is 15.9 Å². The third kappa shape index (κ3) is 4.92. The minimum atomic E-state index is -3.83. The summed E-state index contributed by atoms with van der Waals surface area (Å²) in [5.41, 5.74) is 0.676. The molecule has 162 valence electrons. The van der Waals surface area contributed by atoms with Gasteiger partial charge in [0.1, 0.15) is 0 Å². The molecule has 0 bridgehead atoms. The van der Waals surface area contributed by atoms with Gasteiger partial charge in [-0.2, -0.15) is 4.31 Å². The molecular weight excluding hydrogens is 432 g/mol. The number of hydrogen-bond donors (Lipinski definition) is 1. The van der Waals surface area contributed by atoms with Crippen molar-refractivity contribution >= 4 is 44.0 Å². The van der Waals surface area contributed by atoms with Gasteiger partial charge in [-0.3, -0.25) is 4.79 Å². The minimum Gasteiger partial charge on any atom is -0.324 e. The lowest BCUT2D eigenvalue weighted by molar-refractivity contribution is -0.116. The Kier molecular flexibility index (Phi) is 6.60. The van der Waals surface area contributed by atoms with Crippen molar-refractivity contribution in [3.63, 3.8) is 0 Å². The second-order valence-electron chi connectivity index (χ2n) is 7.87. The molecule has 0 atom stereocenters. The number of anilines is 1. The number of benzene rings is 3. The van der Waals surface area contributed by atoms with Crippen molar-refractivity contribution in [1.82, 2.24) is 4.31 Å². The smallest absolute Gasteiger partial charge is 0.243 e. The Labute approximate surface area is 188 Å². The van der Waals surface area contributed by atoms with Crippen LogP contribution in [0.15, 0.2) is 71.6 Å². The second-order valence-corrected chi connectivity index (χ2v) is 10.2. The van der Waals surface area contributed by atoms with Gasteiger partial charge in [-0.15, -0.1) is 0 Å². The number of carbonyl (C=O) groups excluding carboxylic acids is 1. The van der Waals surface area contributed by atoms with E-state index >= 15 is 0 Å². The molecule has 1 aliphatic carbocycles. The summed E-state index contributed by atoms with van der Waals surface area (Å²) in [5, 5.41) is 5.32. The van der Waals surface area contributed by atoms with Crippen LogP contribution in [0.1, 0.15) is 32.1 Å². The Balaban J connectivity index is 1.61. The van der Waals surface area contributed by atoms with Crippen LogP contribution in [0.2, 0.25) is 5.02 Å². The molecule has 0 spiro atoms. The van der Waals surface area contributed by atoms with Crippen molar-refractivity contribution in [3.8, 4) is 0 Å². The van der Waals surface area contributed by atoms with Gasteiger partial charge in [-0.25, -0.2) is 8.42 Å². The number of halogens is 1. The number of carbonyl (C=O) groups is 1. The van der Waals surface area contributed by atoms with E-state index in [-0.39, 0.29) is 23.4 Å². The van der Waals surface area contributed by atoms with E-state index in [0.717, 1.165) is 42.9 Å². The number of sulfonamides is 1. The fraction of sp³-hybridized carbons (Fsp3) is 0.292. The van der Waals surface area contributed by atoms with E-state index in [2.05, 4.69) is 5.32 Å². The Morgan fingerprint density at radius 3 is 2.35 bits per heavy atom. The summed E-state index contributed by atoms with van der Waals surface area (Å²) in [7, 11) is -3.83. The summed E-state index contributed by atoms with van der Waals surface area (Å²) >= 11 is 5.94. The molecule has 1 aliphatic rings. The first kappa shape index (κ1) is 21.8. The van der Waals surface area contributed by atoms with Gasteiger partial charge < -0.3 is 5.32 Å². The standard InChI is InChI=1S/C24H25ClN2O3S/c25-19-13-15-21(16-14-19)31(29,30)27(20-9-2-1-3-10-20)17-24(28)26-23-12-6-8-18-7-4-5-11-22(18)23/h4-8,11-16,20H,1-3,9-10,17H2,(H,26,28). The summed E-state index contributed by atoms with van der Waals surface area (Å²) < 4.78 is 28.3. The van der Waals surface area contributed by atoms with Crippen LogP contribution < -0.4 is 5.32 Å². The molecule has 0 aromatic heterocycles. The van der Waals surface area contributed by atoms with Crippen LogP contribution in [0.3, 0.4) is 0 Å². The maximum absolute atomic E-state index is 13.4. The van der Waals surface area contributed by atoms with E-state index in [0.29, 0.717) is 10.7 Å². The summed E-state index contributed by atoms with van der Waals surface area (Å²) in [5.74, 6) is -0.348. The molecule has 4 rings (SSSR count). The third-order valence-electron chi connectivity index (χ3n) is 5.77. The van der Waals surface area contributed by atoms with Crippen molar-refractivity contribution in [2.45, 2.75) is 43.0 Å². The van der Waals surface area contributed by atoms with Crippen molar-refractivity contribution in [1.29, 1.82) is 0 Å². The molecule has 0 saturated heterocycles. The number of fused-ring (bicyclic) bond motifs is 1. The molecule has 1 amide bonds. The molecule has 0 aliphatic heterocycles. The predicted molar refractivity (Wildman–Crippen MR) is 125 cm³/mol. The third-order valence-corrected chi connectivity index (χ3v) is 7.93. The SMILES string of the molecule is O=C(CN(C1CCCCC1)S(=O)(=O)c1ccc(Cl)cc1)Nc1cccc2ccccc12. The maximum Gasteiger partial charge on any atom is 0.243 e. The lowest BCUT2D eigenvalue weighted by atomic mass is 9.95. The van der Waals surface area contributed by atoms with Crippen LogP contribution in [0.4, 0.5) is 5.69 Å². The number of nitrogens with one attached hydrogen (secondary N) is 1. The lowest BCUT2D eigenvalue weighted by Crippen LogP contribution is -2.45. The topological polar surface area (TPSA) is 66.5 Å². The van der Waals surface area contributed by atoms with E-state index in [1.807, 2.05) is 42.5 Å². The Morgan fingerprint density at radius 2 is 1.61 bits per heavy atom. The second kappa shape index (κ2) is 9.39. The average molecular weight is 457 g/mol. The predicted octanol–water partition coefficient (Wildman–Crippen LogP) is 5.46. The summed E-state index contributed by atoms with van der Waals surface area (Å²) in [4.78, 5) is 13.2. The molecule has 3 aromatic rings. The average Bonchev–Trinajstić information content (AvgIpc) is 2.78. The fourth-order valence-corrected chi connectivity index (χ4v) is 5.95. The number of amides is 1. The van der Waals surface area contributed by atoms with Gasteiger partial charge in [-0.05, 0) is 48.6 Å². The zero-order valence-corrected chi connectivity index (χ0v) is 18.7. The molecular formula is C24H25ClN2O3S. The van der Waals surface area contributed by atoms with Crippen LogP contribution in [-0.2, 0) is 14.8 Å². The molecule has 7 heteroatoms. The molecule has 0 unspecified atom stereocenters. The highest BCUT2D eigenvalue weighted by atomic mass is 35.5. The summed E-state index contributed by atoms with van der Waals surface area (Å²) in [6.45, 7) is -0.223. The Morgan fingerprint density at radius 1 is 0.935 bits per heavy atom. The minimum absolute atomic E-state index is 0.153.